The number of ether oxygens (including phenoxy) is 1. The smallest absolute Gasteiger partial charge is 0.387 e. The van der Waals surface area contributed by atoms with Crippen molar-refractivity contribution in [3.63, 3.8) is 0 Å². The third-order valence-corrected chi connectivity index (χ3v) is 5.15. The largest absolute Gasteiger partial charge is 0.435 e. The van der Waals surface area contributed by atoms with Crippen LogP contribution in [0.15, 0.2) is 53.4 Å². The van der Waals surface area contributed by atoms with E-state index in [4.69, 9.17) is 0 Å². The first kappa shape index (κ1) is 22.4. The number of nitrogens with one attached hydrogen (secondary N) is 1. The zero-order valence-corrected chi connectivity index (χ0v) is 16.8. The Kier molecular flexibility index (Phi) is 7.35. The minimum Gasteiger partial charge on any atom is -0.435 e. The van der Waals surface area contributed by atoms with E-state index in [1.54, 1.807) is 6.07 Å². The van der Waals surface area contributed by atoms with E-state index < -0.39 is 29.5 Å². The Morgan fingerprint density at radius 3 is 2.52 bits per heavy atom. The summed E-state index contributed by atoms with van der Waals surface area (Å²) in [6.45, 7) is -2.95. The molecule has 1 saturated heterocycles. The lowest BCUT2D eigenvalue weighted by atomic mass is 10.1. The fourth-order valence-corrected chi connectivity index (χ4v) is 3.64. The van der Waals surface area contributed by atoms with Crippen LogP contribution in [0.25, 0.3) is 6.08 Å². The quantitative estimate of drug-likeness (QED) is 0.619. The van der Waals surface area contributed by atoms with Crippen LogP contribution >= 0.6 is 11.8 Å². The maximum absolute atomic E-state index is 13.6. The van der Waals surface area contributed by atoms with Gasteiger partial charge in [0.15, 0.2) is 0 Å². The lowest BCUT2D eigenvalue weighted by Gasteiger charge is -2.13. The molecule has 0 unspecified atom stereocenters. The number of hydrogen-bond acceptors (Lipinski definition) is 5. The molecule has 1 aliphatic heterocycles. The first-order valence-electron chi connectivity index (χ1n) is 9.14. The average Bonchev–Trinajstić information content (AvgIpc) is 2.98. The second kappa shape index (κ2) is 10.2. The fourth-order valence-electron chi connectivity index (χ4n) is 2.77. The molecule has 10 heteroatoms. The summed E-state index contributed by atoms with van der Waals surface area (Å²) in [7, 11) is 0. The Bertz CT molecular complexity index is 1010. The maximum Gasteiger partial charge on any atom is 0.387 e. The molecule has 3 rings (SSSR count). The molecule has 2 aromatic rings. The molecule has 0 aromatic heterocycles. The number of imide groups is 1. The van der Waals surface area contributed by atoms with Crippen LogP contribution in [0.2, 0.25) is 0 Å². The standard InChI is InChI=1S/C21H17F3N2O4S/c22-16-4-2-1-3-14(16)12-18(27)25-9-10-26-19(28)17(31-21(26)29)11-13-5-7-15(8-6-13)30-20(23)24/h1-8,11,20H,9-10,12H2,(H,25,27)/b17-11-. The van der Waals surface area contributed by atoms with Crippen molar-refractivity contribution in [3.8, 4) is 5.75 Å². The Hall–Kier alpha value is -3.27. The number of halogens is 3. The molecular formula is C21H17F3N2O4S. The summed E-state index contributed by atoms with van der Waals surface area (Å²) in [5.74, 6) is -1.46. The Balaban J connectivity index is 1.53. The molecule has 0 atom stereocenters. The van der Waals surface area contributed by atoms with Crippen molar-refractivity contribution in [2.24, 2.45) is 0 Å². The van der Waals surface area contributed by atoms with Gasteiger partial charge >= 0.3 is 6.61 Å². The summed E-state index contributed by atoms with van der Waals surface area (Å²) < 4.78 is 42.2. The van der Waals surface area contributed by atoms with Gasteiger partial charge in [-0.25, -0.2) is 4.39 Å². The minimum absolute atomic E-state index is 0.0219. The predicted molar refractivity (Wildman–Crippen MR) is 109 cm³/mol. The first-order valence-corrected chi connectivity index (χ1v) is 9.95. The molecule has 31 heavy (non-hydrogen) atoms. The summed E-state index contributed by atoms with van der Waals surface area (Å²) in [5, 5.41) is 2.07. The van der Waals surface area contributed by atoms with Gasteiger partial charge in [0, 0.05) is 13.1 Å². The highest BCUT2D eigenvalue weighted by Gasteiger charge is 2.34. The molecule has 0 bridgehead atoms. The molecule has 6 nitrogen and oxygen atoms in total. The van der Waals surface area contributed by atoms with E-state index in [1.165, 1.54) is 48.5 Å². The van der Waals surface area contributed by atoms with Crippen molar-refractivity contribution in [3.05, 3.63) is 70.4 Å². The normalized spacial score (nSPS) is 15.1. The van der Waals surface area contributed by atoms with E-state index in [0.717, 1.165) is 16.7 Å². The molecular weight excluding hydrogens is 433 g/mol. The van der Waals surface area contributed by atoms with Gasteiger partial charge in [0.2, 0.25) is 5.91 Å². The Morgan fingerprint density at radius 2 is 1.84 bits per heavy atom. The highest BCUT2D eigenvalue weighted by atomic mass is 32.2. The number of benzene rings is 2. The summed E-state index contributed by atoms with van der Waals surface area (Å²) in [4.78, 5) is 37.7. The molecule has 1 heterocycles. The second-order valence-electron chi connectivity index (χ2n) is 6.40. The van der Waals surface area contributed by atoms with E-state index in [1.807, 2.05) is 0 Å². The molecule has 1 aliphatic rings. The predicted octanol–water partition coefficient (Wildman–Crippen LogP) is 3.82. The monoisotopic (exact) mass is 450 g/mol. The van der Waals surface area contributed by atoms with E-state index in [2.05, 4.69) is 10.1 Å². The fraction of sp³-hybridized carbons (Fsp3) is 0.190. The Morgan fingerprint density at radius 1 is 1.13 bits per heavy atom. The van der Waals surface area contributed by atoms with Crippen LogP contribution in [0.1, 0.15) is 11.1 Å². The molecule has 2 aromatic carbocycles. The van der Waals surface area contributed by atoms with Gasteiger partial charge in [0.25, 0.3) is 11.1 Å². The lowest BCUT2D eigenvalue weighted by Crippen LogP contribution is -2.37. The van der Waals surface area contributed by atoms with Gasteiger partial charge in [-0.2, -0.15) is 8.78 Å². The highest BCUT2D eigenvalue weighted by molar-refractivity contribution is 8.18. The zero-order chi connectivity index (χ0) is 22.4. The van der Waals surface area contributed by atoms with Gasteiger partial charge in [-0.05, 0) is 47.2 Å². The van der Waals surface area contributed by atoms with Crippen LogP contribution in [-0.2, 0) is 16.0 Å². The van der Waals surface area contributed by atoms with Gasteiger partial charge in [-0.15, -0.1) is 0 Å². The summed E-state index contributed by atoms with van der Waals surface area (Å²) in [6.07, 6.45) is 1.31. The van der Waals surface area contributed by atoms with Crippen molar-refractivity contribution in [2.75, 3.05) is 13.1 Å². The van der Waals surface area contributed by atoms with Crippen molar-refractivity contribution in [1.82, 2.24) is 10.2 Å². The number of amides is 3. The van der Waals surface area contributed by atoms with E-state index >= 15 is 0 Å². The second-order valence-corrected chi connectivity index (χ2v) is 7.39. The number of nitrogens with zero attached hydrogens (tertiary/aromatic N) is 1. The summed E-state index contributed by atoms with van der Waals surface area (Å²) in [5.41, 5.74) is 0.782. The third kappa shape index (κ3) is 6.11. The number of thioether (sulfide) groups is 1. The summed E-state index contributed by atoms with van der Waals surface area (Å²) >= 11 is 0.740. The maximum atomic E-state index is 13.6. The highest BCUT2D eigenvalue weighted by Crippen LogP contribution is 2.32. The van der Waals surface area contributed by atoms with Gasteiger partial charge < -0.3 is 10.1 Å². The van der Waals surface area contributed by atoms with Crippen LogP contribution in [0.4, 0.5) is 18.0 Å². The topological polar surface area (TPSA) is 75.7 Å². The molecule has 0 aliphatic carbocycles. The van der Waals surface area contributed by atoms with Crippen LogP contribution in [-0.4, -0.2) is 41.7 Å². The van der Waals surface area contributed by atoms with Crippen molar-refractivity contribution in [1.29, 1.82) is 0 Å². The third-order valence-electron chi connectivity index (χ3n) is 4.24. The molecule has 0 spiro atoms. The lowest BCUT2D eigenvalue weighted by molar-refractivity contribution is -0.124. The zero-order valence-electron chi connectivity index (χ0n) is 16.0. The van der Waals surface area contributed by atoms with Crippen LogP contribution < -0.4 is 10.1 Å². The minimum atomic E-state index is -2.94. The van der Waals surface area contributed by atoms with Gasteiger partial charge in [-0.3, -0.25) is 19.3 Å². The number of carbonyl (C=O) groups excluding carboxylic acids is 3. The van der Waals surface area contributed by atoms with Crippen molar-refractivity contribution < 1.29 is 32.3 Å². The number of hydrogen-bond donors (Lipinski definition) is 1. The van der Waals surface area contributed by atoms with Crippen LogP contribution in [0.5, 0.6) is 5.75 Å². The van der Waals surface area contributed by atoms with Crippen LogP contribution in [0, 0.1) is 5.82 Å². The van der Waals surface area contributed by atoms with E-state index in [0.29, 0.717) is 5.56 Å². The van der Waals surface area contributed by atoms with Crippen molar-refractivity contribution >= 4 is 34.9 Å². The number of carbonyl (C=O) groups is 3. The van der Waals surface area contributed by atoms with Crippen molar-refractivity contribution in [2.45, 2.75) is 13.0 Å². The van der Waals surface area contributed by atoms with E-state index in [-0.39, 0.29) is 35.7 Å². The van der Waals surface area contributed by atoms with Gasteiger partial charge in [0.05, 0.1) is 11.3 Å². The van der Waals surface area contributed by atoms with Gasteiger partial charge in [0.1, 0.15) is 11.6 Å². The molecule has 0 radical (unpaired) electrons. The Labute approximate surface area is 180 Å². The van der Waals surface area contributed by atoms with E-state index in [9.17, 15) is 27.6 Å². The average molecular weight is 450 g/mol. The molecule has 162 valence electrons. The molecule has 3 amide bonds. The number of alkyl halides is 2. The first-order chi connectivity index (χ1) is 14.8. The molecule has 0 saturated carbocycles. The summed E-state index contributed by atoms with van der Waals surface area (Å²) in [6, 6.07) is 11.5. The number of rotatable bonds is 8. The van der Waals surface area contributed by atoms with Gasteiger partial charge in [-0.1, -0.05) is 30.3 Å². The molecule has 1 N–H and O–H groups in total. The molecule has 1 fully saturated rings. The SMILES string of the molecule is O=C(Cc1ccccc1F)NCCN1C(=O)S/C(=C\c2ccc(OC(F)F)cc2)C1=O. The van der Waals surface area contributed by atoms with Crippen LogP contribution in [0.3, 0.4) is 0 Å².